The Hall–Kier alpha value is -2.38. The standard InChI is InChI=1S/C23H30BrN3O3/c1-15-11-17(24)8-9-18(15)25-21(28)13-27(5)14-22(29)26-19-12-16(23(2,3)4)7-10-20(19)30-6/h7-12H,13-14H2,1-6H3,(H,25,28)(H,26,29). The number of likely N-dealkylation sites (N-methyl/N-ethyl adjacent to an activating group) is 1. The fraction of sp³-hybridized carbons (Fsp3) is 0.391. The average Bonchev–Trinajstić information content (AvgIpc) is 2.63. The molecule has 2 N–H and O–H groups in total. The highest BCUT2D eigenvalue weighted by Gasteiger charge is 2.18. The van der Waals surface area contributed by atoms with Crippen molar-refractivity contribution < 1.29 is 14.3 Å². The molecule has 2 aromatic rings. The van der Waals surface area contributed by atoms with E-state index in [0.29, 0.717) is 11.4 Å². The van der Waals surface area contributed by atoms with Gasteiger partial charge in [-0.3, -0.25) is 14.5 Å². The van der Waals surface area contributed by atoms with E-state index in [2.05, 4.69) is 47.3 Å². The molecule has 0 aromatic heterocycles. The Kier molecular flexibility index (Phi) is 8.03. The Morgan fingerprint density at radius 3 is 2.13 bits per heavy atom. The molecule has 0 aliphatic heterocycles. The molecule has 30 heavy (non-hydrogen) atoms. The van der Waals surface area contributed by atoms with Crippen molar-refractivity contribution >= 4 is 39.1 Å². The smallest absolute Gasteiger partial charge is 0.238 e. The summed E-state index contributed by atoms with van der Waals surface area (Å²) in [5.41, 5.74) is 3.38. The Labute approximate surface area is 187 Å². The van der Waals surface area contributed by atoms with E-state index < -0.39 is 0 Å². The van der Waals surface area contributed by atoms with Gasteiger partial charge in [-0.15, -0.1) is 0 Å². The lowest BCUT2D eigenvalue weighted by molar-refractivity contribution is -0.119. The number of benzene rings is 2. The molecule has 0 unspecified atom stereocenters. The molecule has 0 atom stereocenters. The molecular weight excluding hydrogens is 446 g/mol. The summed E-state index contributed by atoms with van der Waals surface area (Å²) in [4.78, 5) is 26.5. The number of carbonyl (C=O) groups excluding carboxylic acids is 2. The van der Waals surface area contributed by atoms with Crippen molar-refractivity contribution in [2.24, 2.45) is 0 Å². The Balaban J connectivity index is 1.96. The number of amides is 2. The number of anilines is 2. The van der Waals surface area contributed by atoms with E-state index in [1.807, 2.05) is 43.3 Å². The van der Waals surface area contributed by atoms with Crippen molar-refractivity contribution in [2.45, 2.75) is 33.1 Å². The molecule has 0 spiro atoms. The van der Waals surface area contributed by atoms with Crippen LogP contribution < -0.4 is 15.4 Å². The molecule has 0 saturated heterocycles. The molecule has 0 aliphatic rings. The van der Waals surface area contributed by atoms with Gasteiger partial charge in [-0.05, 0) is 60.8 Å². The zero-order valence-electron chi connectivity index (χ0n) is 18.4. The number of nitrogens with one attached hydrogen (secondary N) is 2. The lowest BCUT2D eigenvalue weighted by Crippen LogP contribution is -2.36. The van der Waals surface area contributed by atoms with Crippen LogP contribution in [0.3, 0.4) is 0 Å². The van der Waals surface area contributed by atoms with Crippen LogP contribution in [0.2, 0.25) is 0 Å². The molecule has 0 heterocycles. The molecule has 7 heteroatoms. The van der Waals surface area contributed by atoms with Crippen molar-refractivity contribution in [1.82, 2.24) is 4.90 Å². The summed E-state index contributed by atoms with van der Waals surface area (Å²) in [7, 11) is 3.30. The van der Waals surface area contributed by atoms with Crippen LogP contribution in [0.25, 0.3) is 0 Å². The normalized spacial score (nSPS) is 11.3. The number of aryl methyl sites for hydroxylation is 1. The van der Waals surface area contributed by atoms with Crippen LogP contribution in [0.1, 0.15) is 31.9 Å². The van der Waals surface area contributed by atoms with Gasteiger partial charge in [0.25, 0.3) is 0 Å². The second kappa shape index (κ2) is 10.1. The lowest BCUT2D eigenvalue weighted by atomic mass is 9.87. The summed E-state index contributed by atoms with van der Waals surface area (Å²) in [6.07, 6.45) is 0. The van der Waals surface area contributed by atoms with E-state index >= 15 is 0 Å². The van der Waals surface area contributed by atoms with Crippen molar-refractivity contribution in [3.05, 3.63) is 52.0 Å². The minimum Gasteiger partial charge on any atom is -0.495 e. The average molecular weight is 476 g/mol. The second-order valence-corrected chi connectivity index (χ2v) is 9.31. The van der Waals surface area contributed by atoms with Crippen LogP contribution in [-0.2, 0) is 15.0 Å². The third kappa shape index (κ3) is 6.85. The van der Waals surface area contributed by atoms with Gasteiger partial charge in [-0.1, -0.05) is 42.8 Å². The number of methoxy groups -OCH3 is 1. The maximum Gasteiger partial charge on any atom is 0.238 e. The topological polar surface area (TPSA) is 70.7 Å². The third-order valence-corrected chi connectivity index (χ3v) is 5.12. The largest absolute Gasteiger partial charge is 0.495 e. The maximum atomic E-state index is 12.5. The molecule has 0 bridgehead atoms. The summed E-state index contributed by atoms with van der Waals surface area (Å²) in [6.45, 7) is 8.44. The number of carbonyl (C=O) groups is 2. The lowest BCUT2D eigenvalue weighted by Gasteiger charge is -2.22. The highest BCUT2D eigenvalue weighted by atomic mass is 79.9. The van der Waals surface area contributed by atoms with Crippen LogP contribution >= 0.6 is 15.9 Å². The number of ether oxygens (including phenoxy) is 1. The zero-order valence-corrected chi connectivity index (χ0v) is 20.0. The van der Waals surface area contributed by atoms with Gasteiger partial charge in [0.1, 0.15) is 5.75 Å². The molecule has 2 aromatic carbocycles. The van der Waals surface area contributed by atoms with E-state index in [4.69, 9.17) is 4.74 Å². The van der Waals surface area contributed by atoms with Crippen molar-refractivity contribution in [1.29, 1.82) is 0 Å². The Morgan fingerprint density at radius 2 is 1.60 bits per heavy atom. The third-order valence-electron chi connectivity index (χ3n) is 4.63. The van der Waals surface area contributed by atoms with Gasteiger partial charge in [-0.25, -0.2) is 0 Å². The first-order valence-corrected chi connectivity index (χ1v) is 10.5. The second-order valence-electron chi connectivity index (χ2n) is 8.39. The SMILES string of the molecule is COc1ccc(C(C)(C)C)cc1NC(=O)CN(C)CC(=O)Nc1ccc(Br)cc1C. The fourth-order valence-corrected chi connectivity index (χ4v) is 3.44. The molecular formula is C23H30BrN3O3. The van der Waals surface area contributed by atoms with Gasteiger partial charge in [0, 0.05) is 10.2 Å². The number of halogens is 1. The minimum atomic E-state index is -0.213. The molecule has 6 nitrogen and oxygen atoms in total. The highest BCUT2D eigenvalue weighted by Crippen LogP contribution is 2.31. The van der Waals surface area contributed by atoms with Gasteiger partial charge >= 0.3 is 0 Å². The first kappa shape index (κ1) is 23.9. The predicted molar refractivity (Wildman–Crippen MR) is 125 cm³/mol. The van der Waals surface area contributed by atoms with Crippen molar-refractivity contribution in [3.8, 4) is 5.75 Å². The summed E-state index contributed by atoms with van der Waals surface area (Å²) in [5, 5.41) is 5.78. The molecule has 0 saturated carbocycles. The van der Waals surface area contributed by atoms with Gasteiger partial charge < -0.3 is 15.4 Å². The van der Waals surface area contributed by atoms with E-state index in [0.717, 1.165) is 21.3 Å². The zero-order chi connectivity index (χ0) is 22.5. The van der Waals surface area contributed by atoms with Crippen LogP contribution in [0.5, 0.6) is 5.75 Å². The molecule has 2 amide bonds. The molecule has 0 aliphatic carbocycles. The monoisotopic (exact) mass is 475 g/mol. The molecule has 0 fully saturated rings. The Bertz CT molecular complexity index is 922. The van der Waals surface area contributed by atoms with Gasteiger partial charge in [-0.2, -0.15) is 0 Å². The molecule has 2 rings (SSSR count). The summed E-state index contributed by atoms with van der Waals surface area (Å²) in [5.74, 6) is 0.208. The van der Waals surface area contributed by atoms with Crippen LogP contribution in [0.4, 0.5) is 11.4 Å². The predicted octanol–water partition coefficient (Wildman–Crippen LogP) is 4.57. The van der Waals surface area contributed by atoms with Gasteiger partial charge in [0.15, 0.2) is 0 Å². The van der Waals surface area contributed by atoms with Crippen LogP contribution in [0.15, 0.2) is 40.9 Å². The maximum absolute atomic E-state index is 12.5. The molecule has 0 radical (unpaired) electrons. The minimum absolute atomic E-state index is 0.0498. The van der Waals surface area contributed by atoms with E-state index in [1.165, 1.54) is 0 Å². The first-order valence-electron chi connectivity index (χ1n) is 9.72. The first-order chi connectivity index (χ1) is 14.0. The number of hydrogen-bond acceptors (Lipinski definition) is 4. The van der Waals surface area contributed by atoms with E-state index in [1.54, 1.807) is 19.1 Å². The highest BCUT2D eigenvalue weighted by molar-refractivity contribution is 9.10. The fourth-order valence-electron chi connectivity index (χ4n) is 2.97. The molecule has 162 valence electrons. The summed E-state index contributed by atoms with van der Waals surface area (Å²) < 4.78 is 6.33. The Morgan fingerprint density at radius 1 is 1.00 bits per heavy atom. The van der Waals surface area contributed by atoms with Gasteiger partial charge in [0.05, 0.1) is 25.9 Å². The van der Waals surface area contributed by atoms with E-state index in [9.17, 15) is 9.59 Å². The number of rotatable bonds is 7. The van der Waals surface area contributed by atoms with Crippen LogP contribution in [-0.4, -0.2) is 44.0 Å². The summed E-state index contributed by atoms with van der Waals surface area (Å²) >= 11 is 3.41. The number of nitrogens with zero attached hydrogens (tertiary/aromatic N) is 1. The van der Waals surface area contributed by atoms with Crippen molar-refractivity contribution in [3.63, 3.8) is 0 Å². The van der Waals surface area contributed by atoms with Crippen LogP contribution in [0, 0.1) is 6.92 Å². The van der Waals surface area contributed by atoms with Crippen molar-refractivity contribution in [2.75, 3.05) is 37.9 Å². The summed E-state index contributed by atoms with van der Waals surface area (Å²) in [6, 6.07) is 11.4. The van der Waals surface area contributed by atoms with E-state index in [-0.39, 0.29) is 30.3 Å². The van der Waals surface area contributed by atoms with Gasteiger partial charge in [0.2, 0.25) is 11.8 Å². The number of hydrogen-bond donors (Lipinski definition) is 2. The quantitative estimate of drug-likeness (QED) is 0.614.